The zero-order chi connectivity index (χ0) is 23.4. The molecule has 0 spiro atoms. The monoisotopic (exact) mass is 448 g/mol. The minimum Gasteiger partial charge on any atom is -0.341 e. The van der Waals surface area contributed by atoms with E-state index in [1.807, 2.05) is 32.0 Å². The van der Waals surface area contributed by atoms with Crippen LogP contribution in [0.4, 0.5) is 20.2 Å². The Morgan fingerprint density at radius 3 is 2.52 bits per heavy atom. The van der Waals surface area contributed by atoms with Crippen LogP contribution in [0.3, 0.4) is 0 Å². The number of hydrogen-bond donors (Lipinski definition) is 0. The van der Waals surface area contributed by atoms with Crippen molar-refractivity contribution in [3.8, 4) is 11.1 Å². The average molecular weight is 449 g/mol. The van der Waals surface area contributed by atoms with Crippen LogP contribution < -0.4 is 10.5 Å². The SMILES string of the molecule is Cc1cc(N2CCCc3cc(-c4cnn(C)c4)c(C(F)F)cc32)c2cc(C)c(=O)n(C)c2c1. The standard InChI is InChI=1S/C26H26F2N4O/c1-15-8-23-21(10-16(2)26(33)31(23)4)24(9-15)32-7-5-6-17-11-19(18-13-29-30(3)14-18)20(25(27)28)12-22(17)32/h8-14,25H,5-7H2,1-4H3. The van der Waals surface area contributed by atoms with Crippen molar-refractivity contribution in [2.24, 2.45) is 14.1 Å². The minimum absolute atomic E-state index is 0.00851. The first-order valence-corrected chi connectivity index (χ1v) is 11.1. The van der Waals surface area contributed by atoms with E-state index < -0.39 is 6.43 Å². The number of benzene rings is 2. The second kappa shape index (κ2) is 7.83. The molecule has 0 amide bonds. The molecule has 170 valence electrons. The lowest BCUT2D eigenvalue weighted by Crippen LogP contribution is -2.26. The summed E-state index contributed by atoms with van der Waals surface area (Å²) in [4.78, 5) is 14.7. The molecule has 0 aliphatic carbocycles. The summed E-state index contributed by atoms with van der Waals surface area (Å²) in [7, 11) is 3.56. The summed E-state index contributed by atoms with van der Waals surface area (Å²) in [5, 5.41) is 5.12. The van der Waals surface area contributed by atoms with Gasteiger partial charge in [0.2, 0.25) is 0 Å². The normalized spacial score (nSPS) is 13.7. The lowest BCUT2D eigenvalue weighted by atomic mass is 9.92. The van der Waals surface area contributed by atoms with E-state index in [0.717, 1.165) is 52.8 Å². The maximum Gasteiger partial charge on any atom is 0.264 e. The Labute approximate surface area is 190 Å². The minimum atomic E-state index is -2.60. The largest absolute Gasteiger partial charge is 0.341 e. The maximum atomic E-state index is 14.2. The second-order valence-corrected chi connectivity index (χ2v) is 8.94. The maximum absolute atomic E-state index is 14.2. The highest BCUT2D eigenvalue weighted by Crippen LogP contribution is 2.43. The number of pyridine rings is 1. The summed E-state index contributed by atoms with van der Waals surface area (Å²) >= 11 is 0. The number of rotatable bonds is 3. The fourth-order valence-electron chi connectivity index (χ4n) is 4.95. The van der Waals surface area contributed by atoms with Gasteiger partial charge in [-0.3, -0.25) is 9.48 Å². The molecule has 0 saturated carbocycles. The Balaban J connectivity index is 1.75. The van der Waals surface area contributed by atoms with Crippen molar-refractivity contribution in [1.82, 2.24) is 14.3 Å². The van der Waals surface area contributed by atoms with E-state index in [2.05, 4.69) is 16.1 Å². The molecule has 1 aliphatic heterocycles. The molecule has 2 aromatic carbocycles. The molecule has 2 aromatic heterocycles. The van der Waals surface area contributed by atoms with Gasteiger partial charge in [0, 0.05) is 54.6 Å². The third-order valence-electron chi connectivity index (χ3n) is 6.56. The molecule has 4 aromatic rings. The number of hydrogen-bond acceptors (Lipinski definition) is 3. The van der Waals surface area contributed by atoms with E-state index in [9.17, 15) is 13.6 Å². The van der Waals surface area contributed by atoms with Gasteiger partial charge in [-0.05, 0) is 73.7 Å². The third-order valence-corrected chi connectivity index (χ3v) is 6.56. The lowest BCUT2D eigenvalue weighted by molar-refractivity contribution is 0.152. The van der Waals surface area contributed by atoms with Gasteiger partial charge in [0.25, 0.3) is 12.0 Å². The Morgan fingerprint density at radius 1 is 1.03 bits per heavy atom. The van der Waals surface area contributed by atoms with Gasteiger partial charge < -0.3 is 9.47 Å². The molecule has 0 fully saturated rings. The van der Waals surface area contributed by atoms with E-state index in [1.54, 1.807) is 41.8 Å². The van der Waals surface area contributed by atoms with Crippen LogP contribution >= 0.6 is 0 Å². The Hall–Kier alpha value is -3.48. The Morgan fingerprint density at radius 2 is 1.82 bits per heavy atom. The first kappa shape index (κ1) is 21.4. The Bertz CT molecular complexity index is 1450. The van der Waals surface area contributed by atoms with Crippen molar-refractivity contribution in [1.29, 1.82) is 0 Å². The van der Waals surface area contributed by atoms with Gasteiger partial charge in [-0.2, -0.15) is 5.10 Å². The number of alkyl halides is 2. The van der Waals surface area contributed by atoms with Crippen LogP contribution in [0.5, 0.6) is 0 Å². The topological polar surface area (TPSA) is 43.1 Å². The first-order valence-electron chi connectivity index (χ1n) is 11.1. The molecule has 5 nitrogen and oxygen atoms in total. The highest BCUT2D eigenvalue weighted by atomic mass is 19.3. The van der Waals surface area contributed by atoms with Crippen molar-refractivity contribution in [2.45, 2.75) is 33.1 Å². The molecule has 0 radical (unpaired) electrons. The van der Waals surface area contributed by atoms with Crippen molar-refractivity contribution in [3.05, 3.63) is 75.3 Å². The first-order chi connectivity index (χ1) is 15.7. The molecule has 7 heteroatoms. The Kier molecular flexibility index (Phi) is 5.07. The summed E-state index contributed by atoms with van der Waals surface area (Å²) in [6.45, 7) is 4.53. The molecule has 0 N–H and O–H groups in total. The van der Waals surface area contributed by atoms with E-state index in [1.165, 1.54) is 0 Å². The van der Waals surface area contributed by atoms with E-state index in [4.69, 9.17) is 0 Å². The van der Waals surface area contributed by atoms with Gasteiger partial charge in [-0.15, -0.1) is 0 Å². The predicted molar refractivity (Wildman–Crippen MR) is 128 cm³/mol. The second-order valence-electron chi connectivity index (χ2n) is 8.94. The molecule has 0 saturated heterocycles. The van der Waals surface area contributed by atoms with Crippen LogP contribution in [-0.4, -0.2) is 20.9 Å². The summed E-state index contributed by atoms with van der Waals surface area (Å²) in [6.07, 6.45) is 2.53. The summed E-state index contributed by atoms with van der Waals surface area (Å²) in [5.41, 5.74) is 6.52. The van der Waals surface area contributed by atoms with E-state index in [0.29, 0.717) is 16.7 Å². The number of fused-ring (bicyclic) bond motifs is 2. The van der Waals surface area contributed by atoms with E-state index in [-0.39, 0.29) is 11.1 Å². The highest BCUT2D eigenvalue weighted by molar-refractivity contribution is 5.96. The van der Waals surface area contributed by atoms with Crippen LogP contribution in [0.2, 0.25) is 0 Å². The number of anilines is 2. The molecule has 5 rings (SSSR count). The fraction of sp³-hybridized carbons (Fsp3) is 0.308. The van der Waals surface area contributed by atoms with Gasteiger partial charge in [0.15, 0.2) is 0 Å². The molecular weight excluding hydrogens is 422 g/mol. The molecule has 0 unspecified atom stereocenters. The van der Waals surface area contributed by atoms with Gasteiger partial charge in [-0.25, -0.2) is 8.78 Å². The predicted octanol–water partition coefficient (Wildman–Crippen LogP) is 5.58. The van der Waals surface area contributed by atoms with Crippen LogP contribution in [0, 0.1) is 13.8 Å². The van der Waals surface area contributed by atoms with Gasteiger partial charge in [-0.1, -0.05) is 0 Å². The van der Waals surface area contributed by atoms with Gasteiger partial charge >= 0.3 is 0 Å². The lowest BCUT2D eigenvalue weighted by Gasteiger charge is -2.34. The molecule has 33 heavy (non-hydrogen) atoms. The molecule has 1 aliphatic rings. The number of aryl methyl sites for hydroxylation is 5. The zero-order valence-corrected chi connectivity index (χ0v) is 19.2. The van der Waals surface area contributed by atoms with E-state index >= 15 is 0 Å². The molecule has 0 bridgehead atoms. The molecular formula is C26H26F2N4O. The van der Waals surface area contributed by atoms with Crippen LogP contribution in [0.15, 0.2) is 47.5 Å². The smallest absolute Gasteiger partial charge is 0.264 e. The van der Waals surface area contributed by atoms with Gasteiger partial charge in [0.05, 0.1) is 17.4 Å². The van der Waals surface area contributed by atoms with Gasteiger partial charge in [0.1, 0.15) is 0 Å². The highest BCUT2D eigenvalue weighted by Gasteiger charge is 2.26. The number of nitrogens with zero attached hydrogens (tertiary/aromatic N) is 4. The van der Waals surface area contributed by atoms with Crippen LogP contribution in [-0.2, 0) is 20.5 Å². The quantitative estimate of drug-likeness (QED) is 0.411. The van der Waals surface area contributed by atoms with Crippen LogP contribution in [0.1, 0.15) is 35.1 Å². The summed E-state index contributed by atoms with van der Waals surface area (Å²) in [5.74, 6) is 0. The number of aromatic nitrogens is 3. The summed E-state index contributed by atoms with van der Waals surface area (Å²) in [6, 6.07) is 9.54. The van der Waals surface area contributed by atoms with Crippen molar-refractivity contribution in [2.75, 3.05) is 11.4 Å². The third kappa shape index (κ3) is 3.52. The summed E-state index contributed by atoms with van der Waals surface area (Å²) < 4.78 is 31.7. The van der Waals surface area contributed by atoms with Crippen molar-refractivity contribution < 1.29 is 8.78 Å². The fourth-order valence-corrected chi connectivity index (χ4v) is 4.95. The van der Waals surface area contributed by atoms with Crippen LogP contribution in [0.25, 0.3) is 22.0 Å². The van der Waals surface area contributed by atoms with Crippen molar-refractivity contribution in [3.63, 3.8) is 0 Å². The van der Waals surface area contributed by atoms with Crippen molar-refractivity contribution >= 4 is 22.3 Å². The molecule has 3 heterocycles. The average Bonchev–Trinajstić information content (AvgIpc) is 3.22. The molecule has 0 atom stereocenters. The number of halogens is 2. The zero-order valence-electron chi connectivity index (χ0n) is 19.2.